The molecule has 0 radical (unpaired) electrons. The van der Waals surface area contributed by atoms with Crippen LogP contribution in [0.4, 0.5) is 4.79 Å². The molecule has 0 saturated carbocycles. The van der Waals surface area contributed by atoms with Crippen LogP contribution in [-0.2, 0) is 9.47 Å². The van der Waals surface area contributed by atoms with Crippen LogP contribution in [0.15, 0.2) is 24.4 Å². The molecule has 2 rings (SSSR count). The Morgan fingerprint density at radius 3 is 2.74 bits per heavy atom. The van der Waals surface area contributed by atoms with Crippen LogP contribution in [0.25, 0.3) is 6.08 Å². The van der Waals surface area contributed by atoms with Gasteiger partial charge in [-0.15, -0.1) is 0 Å². The van der Waals surface area contributed by atoms with Gasteiger partial charge in [-0.25, -0.2) is 9.78 Å². The average molecular weight is 339 g/mol. The van der Waals surface area contributed by atoms with Crippen molar-refractivity contribution in [3.63, 3.8) is 0 Å². The minimum absolute atomic E-state index is 0.199. The lowest BCUT2D eigenvalue weighted by Crippen LogP contribution is -2.49. The number of pyridine rings is 1. The number of nitrogens with zero attached hydrogens (tertiary/aromatic N) is 2. The number of hydrogen-bond donors (Lipinski definition) is 0. The van der Waals surface area contributed by atoms with Crippen molar-refractivity contribution in [2.75, 3.05) is 6.61 Å². The summed E-state index contributed by atoms with van der Waals surface area (Å²) in [5.41, 5.74) is -0.358. The normalized spacial score (nSPS) is 21.0. The van der Waals surface area contributed by atoms with E-state index < -0.39 is 11.3 Å². The number of aromatic nitrogens is 1. The summed E-state index contributed by atoms with van der Waals surface area (Å²) in [5, 5.41) is 0.447. The SMILES string of the molecule is CC(C)(C)OC(=O)N1[C@@H](C=Cc2ccc(Cl)nc2)COC1(C)C. The maximum Gasteiger partial charge on any atom is 0.413 e. The Labute approximate surface area is 142 Å². The van der Waals surface area contributed by atoms with Crippen LogP contribution in [0.1, 0.15) is 40.2 Å². The van der Waals surface area contributed by atoms with Crippen LogP contribution < -0.4 is 0 Å². The zero-order chi connectivity index (χ0) is 17.3. The van der Waals surface area contributed by atoms with Gasteiger partial charge in [0.1, 0.15) is 16.5 Å². The van der Waals surface area contributed by atoms with Gasteiger partial charge in [-0.3, -0.25) is 4.90 Å². The molecule has 1 aliphatic heterocycles. The summed E-state index contributed by atoms with van der Waals surface area (Å²) < 4.78 is 11.2. The number of carbonyl (C=O) groups excluding carboxylic acids is 1. The lowest BCUT2D eigenvalue weighted by atomic mass is 10.1. The zero-order valence-electron chi connectivity index (χ0n) is 14.2. The minimum atomic E-state index is -0.713. The number of carbonyl (C=O) groups is 1. The van der Waals surface area contributed by atoms with Crippen molar-refractivity contribution in [2.45, 2.75) is 52.0 Å². The molecule has 1 saturated heterocycles. The molecule has 0 spiro atoms. The van der Waals surface area contributed by atoms with Crippen molar-refractivity contribution >= 4 is 23.8 Å². The molecule has 1 amide bonds. The second-order valence-electron chi connectivity index (χ2n) is 6.95. The van der Waals surface area contributed by atoms with Crippen molar-refractivity contribution in [2.24, 2.45) is 0 Å². The molecule has 23 heavy (non-hydrogen) atoms. The van der Waals surface area contributed by atoms with Crippen LogP contribution in [0.5, 0.6) is 0 Å². The number of amides is 1. The molecule has 0 unspecified atom stereocenters. The molecule has 6 heteroatoms. The average Bonchev–Trinajstić information content (AvgIpc) is 2.71. The van der Waals surface area contributed by atoms with Crippen LogP contribution in [-0.4, -0.2) is 40.0 Å². The monoisotopic (exact) mass is 338 g/mol. The summed E-state index contributed by atoms with van der Waals surface area (Å²) in [6, 6.07) is 3.39. The predicted molar refractivity (Wildman–Crippen MR) is 90.2 cm³/mol. The van der Waals surface area contributed by atoms with Crippen molar-refractivity contribution in [1.29, 1.82) is 0 Å². The van der Waals surface area contributed by atoms with E-state index in [2.05, 4.69) is 4.98 Å². The lowest BCUT2D eigenvalue weighted by Gasteiger charge is -2.34. The highest BCUT2D eigenvalue weighted by atomic mass is 35.5. The maximum absolute atomic E-state index is 12.5. The Morgan fingerprint density at radius 1 is 1.48 bits per heavy atom. The summed E-state index contributed by atoms with van der Waals surface area (Å²) >= 11 is 5.78. The van der Waals surface area contributed by atoms with Gasteiger partial charge in [0.15, 0.2) is 0 Å². The fourth-order valence-corrected chi connectivity index (χ4v) is 2.46. The van der Waals surface area contributed by atoms with Crippen molar-refractivity contribution in [3.05, 3.63) is 35.1 Å². The Hall–Kier alpha value is -1.59. The first-order valence-electron chi connectivity index (χ1n) is 7.54. The molecule has 1 fully saturated rings. The first-order valence-corrected chi connectivity index (χ1v) is 7.92. The third kappa shape index (κ3) is 4.69. The Bertz CT molecular complexity index is 591. The van der Waals surface area contributed by atoms with Crippen molar-refractivity contribution in [3.8, 4) is 0 Å². The maximum atomic E-state index is 12.5. The largest absolute Gasteiger partial charge is 0.444 e. The molecule has 1 aromatic rings. The molecule has 1 aromatic heterocycles. The number of hydrogen-bond acceptors (Lipinski definition) is 4. The predicted octanol–water partition coefficient (Wildman–Crippen LogP) is 4.12. The van der Waals surface area contributed by atoms with Gasteiger partial charge in [0.05, 0.1) is 12.6 Å². The molecule has 0 bridgehead atoms. The highest BCUT2D eigenvalue weighted by Gasteiger charge is 2.44. The second kappa shape index (κ2) is 6.49. The van der Waals surface area contributed by atoms with Gasteiger partial charge < -0.3 is 9.47 Å². The first-order chi connectivity index (χ1) is 10.6. The second-order valence-corrected chi connectivity index (χ2v) is 7.34. The fourth-order valence-electron chi connectivity index (χ4n) is 2.35. The van der Waals surface area contributed by atoms with Crippen LogP contribution in [0.3, 0.4) is 0 Å². The van der Waals surface area contributed by atoms with E-state index in [9.17, 15) is 4.79 Å². The third-order valence-electron chi connectivity index (χ3n) is 3.37. The van der Waals surface area contributed by atoms with Crippen LogP contribution in [0, 0.1) is 0 Å². The van der Waals surface area contributed by atoms with Crippen molar-refractivity contribution in [1.82, 2.24) is 9.88 Å². The van der Waals surface area contributed by atoms with E-state index in [1.54, 1.807) is 17.2 Å². The summed E-state index contributed by atoms with van der Waals surface area (Å²) in [4.78, 5) is 18.2. The molecule has 1 atom stereocenters. The quantitative estimate of drug-likeness (QED) is 0.761. The smallest absolute Gasteiger partial charge is 0.413 e. The summed E-state index contributed by atoms with van der Waals surface area (Å²) in [7, 11) is 0. The molecule has 0 aromatic carbocycles. The van der Waals surface area contributed by atoms with E-state index in [0.29, 0.717) is 11.8 Å². The third-order valence-corrected chi connectivity index (χ3v) is 3.59. The highest BCUT2D eigenvalue weighted by molar-refractivity contribution is 6.29. The molecule has 0 aliphatic carbocycles. The zero-order valence-corrected chi connectivity index (χ0v) is 14.9. The number of ether oxygens (including phenoxy) is 2. The Kier molecular flexibility index (Phi) is 5.01. The molecule has 0 N–H and O–H groups in total. The fraction of sp³-hybridized carbons (Fsp3) is 0.529. The van der Waals surface area contributed by atoms with E-state index in [1.165, 1.54) is 0 Å². The number of rotatable bonds is 2. The van der Waals surface area contributed by atoms with E-state index in [-0.39, 0.29) is 12.1 Å². The first kappa shape index (κ1) is 17.8. The molecular formula is C17H23ClN2O3. The van der Waals surface area contributed by atoms with Gasteiger partial charge in [0, 0.05) is 6.20 Å². The van der Waals surface area contributed by atoms with Crippen LogP contribution >= 0.6 is 11.6 Å². The Balaban J connectivity index is 2.16. The molecule has 2 heterocycles. The highest BCUT2D eigenvalue weighted by Crippen LogP contribution is 2.30. The number of halogens is 1. The van der Waals surface area contributed by atoms with E-state index in [0.717, 1.165) is 5.56 Å². The van der Waals surface area contributed by atoms with Gasteiger partial charge in [0.25, 0.3) is 0 Å². The summed E-state index contributed by atoms with van der Waals surface area (Å²) in [5.74, 6) is 0. The van der Waals surface area contributed by atoms with Gasteiger partial charge in [-0.2, -0.15) is 0 Å². The molecule has 126 valence electrons. The molecule has 5 nitrogen and oxygen atoms in total. The van der Waals surface area contributed by atoms with E-state index >= 15 is 0 Å². The van der Waals surface area contributed by atoms with Gasteiger partial charge in [0.2, 0.25) is 0 Å². The van der Waals surface area contributed by atoms with E-state index in [1.807, 2.05) is 52.8 Å². The standard InChI is InChI=1S/C17H23ClN2O3/c1-16(2,3)23-15(21)20-13(11-22-17(20,4)5)8-6-12-7-9-14(18)19-10-12/h6-10,13H,11H2,1-5H3/t13-/m0/s1. The molecular weight excluding hydrogens is 316 g/mol. The van der Waals surface area contributed by atoms with Gasteiger partial charge in [-0.05, 0) is 46.2 Å². The van der Waals surface area contributed by atoms with Crippen LogP contribution in [0.2, 0.25) is 5.15 Å². The van der Waals surface area contributed by atoms with Crippen molar-refractivity contribution < 1.29 is 14.3 Å². The topological polar surface area (TPSA) is 51.7 Å². The summed E-state index contributed by atoms with van der Waals surface area (Å²) in [6.07, 6.45) is 5.11. The minimum Gasteiger partial charge on any atom is -0.444 e. The van der Waals surface area contributed by atoms with E-state index in [4.69, 9.17) is 21.1 Å². The Morgan fingerprint density at radius 2 is 2.17 bits per heavy atom. The molecule has 1 aliphatic rings. The lowest BCUT2D eigenvalue weighted by molar-refractivity contribution is -0.0610. The summed E-state index contributed by atoms with van der Waals surface area (Å²) in [6.45, 7) is 9.67. The van der Waals surface area contributed by atoms with Gasteiger partial charge in [-0.1, -0.05) is 29.8 Å². The van der Waals surface area contributed by atoms with Gasteiger partial charge >= 0.3 is 6.09 Å².